The highest BCUT2D eigenvalue weighted by Gasteiger charge is 2.41. The van der Waals surface area contributed by atoms with Crippen molar-refractivity contribution in [2.24, 2.45) is 17.8 Å². The molecule has 3 heterocycles. The van der Waals surface area contributed by atoms with E-state index in [9.17, 15) is 4.39 Å². The lowest BCUT2D eigenvalue weighted by Gasteiger charge is -2.28. The van der Waals surface area contributed by atoms with E-state index in [1.807, 2.05) is 12.1 Å². The van der Waals surface area contributed by atoms with Crippen molar-refractivity contribution in [2.45, 2.75) is 57.4 Å². The Balaban J connectivity index is 1.13. The molecule has 4 aliphatic rings. The van der Waals surface area contributed by atoms with E-state index in [2.05, 4.69) is 20.4 Å². The van der Waals surface area contributed by atoms with Crippen LogP contribution in [0.25, 0.3) is 11.3 Å². The summed E-state index contributed by atoms with van der Waals surface area (Å²) in [6.07, 6.45) is 9.16. The van der Waals surface area contributed by atoms with Crippen LogP contribution < -0.4 is 5.32 Å². The van der Waals surface area contributed by atoms with Gasteiger partial charge < -0.3 is 15.0 Å². The highest BCUT2D eigenvalue weighted by molar-refractivity contribution is 5.68. The largest absolute Gasteiger partial charge is 0.381 e. The Bertz CT molecular complexity index is 978. The van der Waals surface area contributed by atoms with Crippen LogP contribution in [0, 0.1) is 23.6 Å². The number of nitrogens with one attached hydrogen (secondary N) is 1. The van der Waals surface area contributed by atoms with E-state index in [1.54, 1.807) is 6.07 Å². The molecule has 1 aromatic heterocycles. The van der Waals surface area contributed by atoms with Gasteiger partial charge in [0.1, 0.15) is 5.82 Å². The third kappa shape index (κ3) is 4.40. The van der Waals surface area contributed by atoms with Crippen molar-refractivity contribution in [3.8, 4) is 11.3 Å². The van der Waals surface area contributed by atoms with Crippen molar-refractivity contribution in [2.75, 3.05) is 38.2 Å². The predicted octanol–water partition coefficient (Wildman–Crippen LogP) is 4.71. The van der Waals surface area contributed by atoms with E-state index in [4.69, 9.17) is 4.74 Å². The molecule has 3 atom stereocenters. The summed E-state index contributed by atoms with van der Waals surface area (Å²) < 4.78 is 20.0. The minimum atomic E-state index is -0.214. The van der Waals surface area contributed by atoms with Crippen LogP contribution in [0.3, 0.4) is 0 Å². The Morgan fingerprint density at radius 1 is 0.970 bits per heavy atom. The summed E-state index contributed by atoms with van der Waals surface area (Å²) in [6.45, 7) is 5.63. The van der Waals surface area contributed by atoms with Crippen LogP contribution in [0.4, 0.5) is 10.2 Å². The highest BCUT2D eigenvalue weighted by atomic mass is 19.1. The molecule has 5 nitrogen and oxygen atoms in total. The van der Waals surface area contributed by atoms with Crippen molar-refractivity contribution < 1.29 is 9.13 Å². The van der Waals surface area contributed by atoms with Gasteiger partial charge >= 0.3 is 0 Å². The van der Waals surface area contributed by atoms with Gasteiger partial charge in [-0.3, -0.25) is 0 Å². The van der Waals surface area contributed by atoms with Crippen molar-refractivity contribution >= 4 is 5.82 Å². The van der Waals surface area contributed by atoms with E-state index in [0.29, 0.717) is 11.6 Å². The number of fused-ring (bicyclic) bond motifs is 2. The zero-order chi connectivity index (χ0) is 22.2. The molecule has 2 saturated heterocycles. The third-order valence-electron chi connectivity index (χ3n) is 8.44. The van der Waals surface area contributed by atoms with Gasteiger partial charge in [0.15, 0.2) is 5.82 Å². The molecule has 0 bridgehead atoms. The molecule has 6 rings (SSSR count). The number of benzene rings is 1. The fourth-order valence-electron chi connectivity index (χ4n) is 6.79. The SMILES string of the molecule is Fc1ccccc1-c1nnc(N[C@H]2C[C@@H]3CN(CC4CCOCC4)C[C@@H]3C2)c2c1CCCC2. The summed E-state index contributed by atoms with van der Waals surface area (Å²) in [5.74, 6) is 3.15. The van der Waals surface area contributed by atoms with Crippen molar-refractivity contribution in [3.05, 3.63) is 41.2 Å². The molecule has 1 saturated carbocycles. The summed E-state index contributed by atoms with van der Waals surface area (Å²) in [5, 5.41) is 12.9. The Labute approximate surface area is 196 Å². The van der Waals surface area contributed by atoms with Crippen LogP contribution in [0.15, 0.2) is 24.3 Å². The number of likely N-dealkylation sites (tertiary alicyclic amines) is 1. The summed E-state index contributed by atoms with van der Waals surface area (Å²) in [7, 11) is 0. The van der Waals surface area contributed by atoms with Gasteiger partial charge in [-0.05, 0) is 86.8 Å². The van der Waals surface area contributed by atoms with Crippen LogP contribution in [-0.4, -0.2) is 54.0 Å². The van der Waals surface area contributed by atoms with Crippen LogP contribution >= 0.6 is 0 Å². The van der Waals surface area contributed by atoms with Gasteiger partial charge in [0.05, 0.1) is 5.69 Å². The molecule has 1 aromatic carbocycles. The number of aromatic nitrogens is 2. The highest BCUT2D eigenvalue weighted by Crippen LogP contribution is 2.41. The topological polar surface area (TPSA) is 50.3 Å². The molecule has 176 valence electrons. The number of hydrogen-bond acceptors (Lipinski definition) is 5. The molecule has 0 spiro atoms. The van der Waals surface area contributed by atoms with E-state index < -0.39 is 0 Å². The number of halogens is 1. The zero-order valence-electron chi connectivity index (χ0n) is 19.4. The van der Waals surface area contributed by atoms with Crippen LogP contribution in [-0.2, 0) is 17.6 Å². The first-order valence-corrected chi connectivity index (χ1v) is 12.9. The normalized spacial score (nSPS) is 28.0. The molecule has 2 aliphatic heterocycles. The van der Waals surface area contributed by atoms with Crippen molar-refractivity contribution in [3.63, 3.8) is 0 Å². The Morgan fingerprint density at radius 2 is 1.70 bits per heavy atom. The molecular weight excluding hydrogens is 415 g/mol. The summed E-state index contributed by atoms with van der Waals surface area (Å²) in [4.78, 5) is 2.71. The first kappa shape index (κ1) is 21.5. The van der Waals surface area contributed by atoms with Gasteiger partial charge in [-0.1, -0.05) is 12.1 Å². The Kier molecular flexibility index (Phi) is 6.05. The lowest BCUT2D eigenvalue weighted by Crippen LogP contribution is -2.32. The predicted molar refractivity (Wildman–Crippen MR) is 128 cm³/mol. The van der Waals surface area contributed by atoms with Crippen LogP contribution in [0.2, 0.25) is 0 Å². The zero-order valence-corrected chi connectivity index (χ0v) is 19.4. The van der Waals surface area contributed by atoms with Gasteiger partial charge in [0.25, 0.3) is 0 Å². The molecule has 1 N–H and O–H groups in total. The molecule has 0 unspecified atom stereocenters. The van der Waals surface area contributed by atoms with Crippen LogP contribution in [0.1, 0.15) is 49.7 Å². The molecule has 0 amide bonds. The van der Waals surface area contributed by atoms with E-state index in [-0.39, 0.29) is 5.82 Å². The van der Waals surface area contributed by atoms with Crippen molar-refractivity contribution in [1.29, 1.82) is 0 Å². The minimum absolute atomic E-state index is 0.214. The number of nitrogens with zero attached hydrogens (tertiary/aromatic N) is 3. The monoisotopic (exact) mass is 450 g/mol. The number of hydrogen-bond donors (Lipinski definition) is 1. The quantitative estimate of drug-likeness (QED) is 0.715. The number of rotatable bonds is 5. The molecule has 2 aromatic rings. The average Bonchev–Trinajstić information content (AvgIpc) is 3.38. The fraction of sp³-hybridized carbons (Fsp3) is 0.630. The summed E-state index contributed by atoms with van der Waals surface area (Å²) in [6, 6.07) is 7.43. The molecule has 33 heavy (non-hydrogen) atoms. The van der Waals surface area contributed by atoms with Crippen molar-refractivity contribution in [1.82, 2.24) is 15.1 Å². The van der Waals surface area contributed by atoms with E-state index >= 15 is 0 Å². The molecule has 3 fully saturated rings. The van der Waals surface area contributed by atoms with Gasteiger partial charge in [-0.25, -0.2) is 4.39 Å². The first-order chi connectivity index (χ1) is 16.2. The lowest BCUT2D eigenvalue weighted by atomic mass is 9.89. The minimum Gasteiger partial charge on any atom is -0.381 e. The maximum absolute atomic E-state index is 14.5. The number of anilines is 1. The first-order valence-electron chi connectivity index (χ1n) is 12.9. The second-order valence-electron chi connectivity index (χ2n) is 10.6. The summed E-state index contributed by atoms with van der Waals surface area (Å²) in [5.41, 5.74) is 3.78. The van der Waals surface area contributed by atoms with Gasteiger partial charge in [-0.2, -0.15) is 0 Å². The van der Waals surface area contributed by atoms with Crippen LogP contribution in [0.5, 0.6) is 0 Å². The Hall–Kier alpha value is -2.05. The summed E-state index contributed by atoms with van der Waals surface area (Å²) >= 11 is 0. The van der Waals surface area contributed by atoms with Gasteiger partial charge in [0.2, 0.25) is 0 Å². The van der Waals surface area contributed by atoms with Gasteiger partial charge in [0, 0.05) is 50.0 Å². The van der Waals surface area contributed by atoms with Gasteiger partial charge in [-0.15, -0.1) is 10.2 Å². The Morgan fingerprint density at radius 3 is 2.45 bits per heavy atom. The fourth-order valence-corrected chi connectivity index (χ4v) is 6.79. The van der Waals surface area contributed by atoms with E-state index in [1.165, 1.54) is 68.9 Å². The maximum atomic E-state index is 14.5. The van der Waals surface area contributed by atoms with E-state index in [0.717, 1.165) is 61.7 Å². The lowest BCUT2D eigenvalue weighted by molar-refractivity contribution is 0.0545. The number of ether oxygens (including phenoxy) is 1. The average molecular weight is 451 g/mol. The molecule has 2 aliphatic carbocycles. The molecular formula is C27H35FN4O. The second kappa shape index (κ2) is 9.30. The third-order valence-corrected chi connectivity index (χ3v) is 8.44. The maximum Gasteiger partial charge on any atom is 0.152 e. The smallest absolute Gasteiger partial charge is 0.152 e. The molecule has 6 heteroatoms. The second-order valence-corrected chi connectivity index (χ2v) is 10.6. The molecule has 0 radical (unpaired) electrons. The standard InChI is InChI=1S/C27H35FN4O/c28-25-8-4-3-7-24(25)26-22-5-1-2-6-23(22)27(31-30-26)29-21-13-19-16-32(17-20(19)14-21)15-18-9-11-33-12-10-18/h3-4,7-8,18-21H,1-2,5-6,9-17H2,(H,29,31)/t19-,20+,21+.